The zero-order chi connectivity index (χ0) is 12.3. The molecule has 0 aliphatic heterocycles. The van der Waals surface area contributed by atoms with Gasteiger partial charge in [0.2, 0.25) is 11.9 Å². The molecule has 0 radical (unpaired) electrons. The predicted octanol–water partition coefficient (Wildman–Crippen LogP) is 2.13. The van der Waals surface area contributed by atoms with Crippen molar-refractivity contribution in [2.45, 2.75) is 0 Å². The third-order valence-electron chi connectivity index (χ3n) is 1.81. The minimum Gasteiger partial charge on any atom is -0.262 e. The summed E-state index contributed by atoms with van der Waals surface area (Å²) in [5.74, 6) is -1.19. The van der Waals surface area contributed by atoms with E-state index in [0.717, 1.165) is 6.07 Å². The lowest BCUT2D eigenvalue weighted by molar-refractivity contribution is 0.510. The first-order chi connectivity index (χ1) is 8.16. The van der Waals surface area contributed by atoms with Gasteiger partial charge in [-0.05, 0) is 22.6 Å². The molecule has 0 spiro atoms. The van der Waals surface area contributed by atoms with Crippen LogP contribution in [-0.2, 0) is 0 Å². The van der Waals surface area contributed by atoms with Gasteiger partial charge >= 0.3 is 0 Å². The molecule has 0 atom stereocenters. The summed E-state index contributed by atoms with van der Waals surface area (Å²) in [6.45, 7) is 0. The minimum atomic E-state index is -0.899. The van der Waals surface area contributed by atoms with E-state index in [9.17, 15) is 8.78 Å². The Balaban J connectivity index is 2.16. The molecular weight excluding hydrogens is 343 g/mol. The highest BCUT2D eigenvalue weighted by molar-refractivity contribution is 14.1. The third-order valence-corrected chi connectivity index (χ3v) is 2.70. The van der Waals surface area contributed by atoms with Gasteiger partial charge in [-0.3, -0.25) is 10.5 Å². The number of H-pyrrole nitrogens is 1. The third kappa shape index (κ3) is 2.96. The first-order valence-corrected chi connectivity index (χ1v) is 5.54. The number of hydrazone groups is 1. The Hall–Kier alpha value is -1.58. The summed E-state index contributed by atoms with van der Waals surface area (Å²) < 4.78 is 26.4. The fraction of sp³-hybridized carbons (Fsp3) is 0. The van der Waals surface area contributed by atoms with Gasteiger partial charge in [-0.15, -0.1) is 0 Å². The molecule has 2 aromatic rings. The van der Waals surface area contributed by atoms with E-state index in [4.69, 9.17) is 0 Å². The van der Waals surface area contributed by atoms with Crippen molar-refractivity contribution in [1.29, 1.82) is 0 Å². The maximum atomic E-state index is 13.3. The maximum absolute atomic E-state index is 13.3. The fourth-order valence-corrected chi connectivity index (χ4v) is 1.69. The highest BCUT2D eigenvalue weighted by Gasteiger charge is 2.08. The van der Waals surface area contributed by atoms with E-state index in [2.05, 4.69) is 25.7 Å². The van der Waals surface area contributed by atoms with Gasteiger partial charge in [0.25, 0.3) is 0 Å². The summed E-state index contributed by atoms with van der Waals surface area (Å²) >= 11 is 1.81. The summed E-state index contributed by atoms with van der Waals surface area (Å²) in [4.78, 5) is 3.07. The number of anilines is 1. The van der Waals surface area contributed by atoms with Gasteiger partial charge in [-0.2, -0.15) is 24.0 Å². The molecule has 17 heavy (non-hydrogen) atoms. The van der Waals surface area contributed by atoms with Gasteiger partial charge in [0.05, 0.1) is 18.0 Å². The van der Waals surface area contributed by atoms with E-state index in [-0.39, 0.29) is 5.56 Å². The number of nitrogens with one attached hydrogen (secondary N) is 2. The monoisotopic (exact) mass is 349 g/mol. The number of halogens is 3. The van der Waals surface area contributed by atoms with Gasteiger partial charge < -0.3 is 0 Å². The van der Waals surface area contributed by atoms with Crippen molar-refractivity contribution >= 4 is 34.6 Å². The van der Waals surface area contributed by atoms with Crippen LogP contribution in [0.15, 0.2) is 23.4 Å². The van der Waals surface area contributed by atoms with Crippen LogP contribution < -0.4 is 5.43 Å². The van der Waals surface area contributed by atoms with Crippen LogP contribution >= 0.6 is 22.6 Å². The molecule has 0 aliphatic carbocycles. The molecule has 0 unspecified atom stereocenters. The van der Waals surface area contributed by atoms with Crippen LogP contribution in [0.3, 0.4) is 0 Å². The highest BCUT2D eigenvalue weighted by atomic mass is 127. The standard InChI is InChI=1S/C9H6F2IN5/c10-7-3-6(12)5(9(11)15-7)4-14-17-8-1-2-13-16-8/h1-4H,(H2,13,16,17)/b14-4+. The first kappa shape index (κ1) is 11.9. The molecule has 0 aromatic carbocycles. The summed E-state index contributed by atoms with van der Waals surface area (Å²) in [6, 6.07) is 2.78. The predicted molar refractivity (Wildman–Crippen MR) is 66.7 cm³/mol. The smallest absolute Gasteiger partial charge is 0.225 e. The maximum Gasteiger partial charge on any atom is 0.225 e. The quantitative estimate of drug-likeness (QED) is 0.386. The van der Waals surface area contributed by atoms with Crippen LogP contribution in [0.25, 0.3) is 0 Å². The number of nitrogens with zero attached hydrogens (tertiary/aromatic N) is 3. The molecule has 0 aliphatic rings. The molecule has 5 nitrogen and oxygen atoms in total. The van der Waals surface area contributed by atoms with E-state index < -0.39 is 11.9 Å². The van der Waals surface area contributed by atoms with E-state index in [1.54, 1.807) is 34.9 Å². The van der Waals surface area contributed by atoms with Gasteiger partial charge in [0, 0.05) is 15.7 Å². The number of pyridine rings is 1. The molecule has 0 amide bonds. The Kier molecular flexibility index (Phi) is 3.61. The van der Waals surface area contributed by atoms with Crippen molar-refractivity contribution in [3.05, 3.63) is 39.4 Å². The average molecular weight is 349 g/mol. The Morgan fingerprint density at radius 1 is 1.47 bits per heavy atom. The lowest BCUT2D eigenvalue weighted by Gasteiger charge is -2.00. The van der Waals surface area contributed by atoms with E-state index in [1.165, 1.54) is 6.21 Å². The van der Waals surface area contributed by atoms with Gasteiger partial charge in [-0.1, -0.05) is 0 Å². The molecule has 8 heteroatoms. The Bertz CT molecular complexity index is 517. The minimum absolute atomic E-state index is 0.124. The van der Waals surface area contributed by atoms with Crippen molar-refractivity contribution in [2.75, 3.05) is 5.43 Å². The van der Waals surface area contributed by atoms with Crippen LogP contribution in [-0.4, -0.2) is 21.4 Å². The second kappa shape index (κ2) is 5.17. The van der Waals surface area contributed by atoms with E-state index in [1.807, 2.05) is 0 Å². The molecule has 0 fully saturated rings. The zero-order valence-corrected chi connectivity index (χ0v) is 10.4. The number of aromatic nitrogens is 3. The summed E-state index contributed by atoms with van der Waals surface area (Å²) in [5, 5.41) is 10.1. The highest BCUT2D eigenvalue weighted by Crippen LogP contribution is 2.13. The van der Waals surface area contributed by atoms with Crippen LogP contribution in [0.4, 0.5) is 14.6 Å². The lowest BCUT2D eigenvalue weighted by atomic mass is 10.3. The normalized spacial score (nSPS) is 11.0. The topological polar surface area (TPSA) is 66.0 Å². The molecule has 0 saturated carbocycles. The van der Waals surface area contributed by atoms with E-state index in [0.29, 0.717) is 9.39 Å². The number of rotatable bonds is 3. The second-order valence-corrected chi connectivity index (χ2v) is 4.13. The van der Waals surface area contributed by atoms with Crippen LogP contribution in [0.2, 0.25) is 0 Å². The first-order valence-electron chi connectivity index (χ1n) is 4.47. The van der Waals surface area contributed by atoms with Crippen LogP contribution in [0.5, 0.6) is 0 Å². The largest absolute Gasteiger partial charge is 0.262 e. The van der Waals surface area contributed by atoms with Crippen LogP contribution in [0, 0.1) is 15.5 Å². The Morgan fingerprint density at radius 2 is 2.29 bits per heavy atom. The van der Waals surface area contributed by atoms with Crippen molar-refractivity contribution in [1.82, 2.24) is 15.2 Å². The summed E-state index contributed by atoms with van der Waals surface area (Å²) in [5.41, 5.74) is 2.73. The lowest BCUT2D eigenvalue weighted by Crippen LogP contribution is -2.01. The molecule has 88 valence electrons. The molecule has 2 rings (SSSR count). The average Bonchev–Trinajstić information content (AvgIpc) is 2.74. The number of hydrogen-bond acceptors (Lipinski definition) is 4. The van der Waals surface area contributed by atoms with E-state index >= 15 is 0 Å². The number of hydrogen-bond donors (Lipinski definition) is 2. The van der Waals surface area contributed by atoms with Crippen molar-refractivity contribution in [3.63, 3.8) is 0 Å². The summed E-state index contributed by atoms with van der Waals surface area (Å²) in [7, 11) is 0. The Labute approximate surface area is 108 Å². The zero-order valence-electron chi connectivity index (χ0n) is 8.28. The van der Waals surface area contributed by atoms with Gasteiger partial charge in [0.1, 0.15) is 5.82 Å². The molecule has 2 N–H and O–H groups in total. The van der Waals surface area contributed by atoms with Gasteiger partial charge in [-0.25, -0.2) is 0 Å². The SMILES string of the molecule is Fc1cc(I)c(/C=N/Nc2ccn[nH]2)c(F)n1. The van der Waals surface area contributed by atoms with Crippen LogP contribution in [0.1, 0.15) is 5.56 Å². The van der Waals surface area contributed by atoms with Crippen molar-refractivity contribution in [2.24, 2.45) is 5.10 Å². The van der Waals surface area contributed by atoms with Gasteiger partial charge in [0.15, 0.2) is 0 Å². The molecule has 0 saturated heterocycles. The molecule has 2 aromatic heterocycles. The molecular formula is C9H6F2IN5. The fourth-order valence-electron chi connectivity index (χ4n) is 1.07. The Morgan fingerprint density at radius 3 is 2.94 bits per heavy atom. The van der Waals surface area contributed by atoms with Crippen molar-refractivity contribution in [3.8, 4) is 0 Å². The molecule has 2 heterocycles. The molecule has 0 bridgehead atoms. The second-order valence-electron chi connectivity index (χ2n) is 2.97. The summed E-state index contributed by atoms with van der Waals surface area (Å²) in [6.07, 6.45) is 2.77. The van der Waals surface area contributed by atoms with Crippen molar-refractivity contribution < 1.29 is 8.78 Å². The number of aromatic amines is 1.